The standard InChI is InChI=1S/C19H24N2O4/c1-12-7-5-6-8-17(12)21-13(2)11-15(14(21)3)18(22)20-16(19(23)24)9-10-25-4/h5-8,11,16H,9-10H2,1-4H3,(H,20,22)(H,23,24). The Labute approximate surface area is 147 Å². The Morgan fingerprint density at radius 2 is 1.92 bits per heavy atom. The molecule has 0 fully saturated rings. The number of methoxy groups -OCH3 is 1. The number of rotatable bonds is 7. The van der Waals surface area contributed by atoms with Crippen LogP contribution in [-0.2, 0) is 9.53 Å². The van der Waals surface area contributed by atoms with Gasteiger partial charge in [-0.25, -0.2) is 4.79 Å². The number of carboxylic acids is 1. The monoisotopic (exact) mass is 344 g/mol. The van der Waals surface area contributed by atoms with Gasteiger partial charge in [-0.05, 0) is 38.5 Å². The number of carbonyl (C=O) groups is 2. The minimum atomic E-state index is -1.07. The Balaban J connectivity index is 2.32. The van der Waals surface area contributed by atoms with E-state index in [-0.39, 0.29) is 13.0 Å². The largest absolute Gasteiger partial charge is 0.480 e. The van der Waals surface area contributed by atoms with Gasteiger partial charge in [0.05, 0.1) is 5.56 Å². The zero-order chi connectivity index (χ0) is 18.6. The minimum absolute atomic E-state index is 0.216. The Bertz CT molecular complexity index is 780. The lowest BCUT2D eigenvalue weighted by molar-refractivity contribution is -0.139. The number of hydrogen-bond acceptors (Lipinski definition) is 3. The molecular weight excluding hydrogens is 320 g/mol. The second-order valence-electron chi connectivity index (χ2n) is 6.05. The number of amides is 1. The van der Waals surface area contributed by atoms with Gasteiger partial charge in [0, 0.05) is 37.2 Å². The first kappa shape index (κ1) is 18.7. The van der Waals surface area contributed by atoms with Crippen molar-refractivity contribution in [3.05, 3.63) is 52.8 Å². The molecule has 1 atom stereocenters. The molecule has 0 radical (unpaired) electrons. The molecular formula is C19H24N2O4. The number of aryl methyl sites for hydroxylation is 2. The molecule has 1 heterocycles. The van der Waals surface area contributed by atoms with Crippen LogP contribution >= 0.6 is 0 Å². The van der Waals surface area contributed by atoms with E-state index in [1.54, 1.807) is 6.07 Å². The summed E-state index contributed by atoms with van der Waals surface area (Å²) in [4.78, 5) is 23.9. The molecule has 0 aliphatic carbocycles. The first-order valence-corrected chi connectivity index (χ1v) is 8.14. The van der Waals surface area contributed by atoms with Crippen LogP contribution in [-0.4, -0.2) is 41.3 Å². The van der Waals surface area contributed by atoms with Crippen molar-refractivity contribution in [3.63, 3.8) is 0 Å². The average Bonchev–Trinajstić information content (AvgIpc) is 2.86. The van der Waals surface area contributed by atoms with E-state index in [2.05, 4.69) is 5.32 Å². The maximum Gasteiger partial charge on any atom is 0.326 e. The van der Waals surface area contributed by atoms with Crippen LogP contribution in [0.15, 0.2) is 30.3 Å². The van der Waals surface area contributed by atoms with E-state index < -0.39 is 17.9 Å². The zero-order valence-electron chi connectivity index (χ0n) is 15.0. The average molecular weight is 344 g/mol. The van der Waals surface area contributed by atoms with Gasteiger partial charge >= 0.3 is 5.97 Å². The third kappa shape index (κ3) is 4.09. The Morgan fingerprint density at radius 1 is 1.24 bits per heavy atom. The fourth-order valence-corrected chi connectivity index (χ4v) is 2.91. The fraction of sp³-hybridized carbons (Fsp3) is 0.368. The maximum absolute atomic E-state index is 12.6. The molecule has 0 aliphatic heterocycles. The molecule has 1 aromatic heterocycles. The first-order valence-electron chi connectivity index (χ1n) is 8.14. The van der Waals surface area contributed by atoms with E-state index in [1.807, 2.05) is 49.6 Å². The number of ether oxygens (including phenoxy) is 1. The van der Waals surface area contributed by atoms with Crippen molar-refractivity contribution in [2.24, 2.45) is 0 Å². The van der Waals surface area contributed by atoms with Gasteiger partial charge in [-0.15, -0.1) is 0 Å². The molecule has 0 aliphatic rings. The van der Waals surface area contributed by atoms with Crippen LogP contribution in [0.5, 0.6) is 0 Å². The number of nitrogens with zero attached hydrogens (tertiary/aromatic N) is 1. The van der Waals surface area contributed by atoms with Gasteiger partial charge < -0.3 is 19.7 Å². The van der Waals surface area contributed by atoms with Crippen molar-refractivity contribution in [2.45, 2.75) is 33.2 Å². The Kier molecular flexibility index (Phi) is 5.98. The topological polar surface area (TPSA) is 80.6 Å². The molecule has 134 valence electrons. The fourth-order valence-electron chi connectivity index (χ4n) is 2.91. The lowest BCUT2D eigenvalue weighted by atomic mass is 10.1. The highest BCUT2D eigenvalue weighted by Crippen LogP contribution is 2.23. The maximum atomic E-state index is 12.6. The number of benzene rings is 1. The molecule has 0 bridgehead atoms. The normalized spacial score (nSPS) is 12.0. The SMILES string of the molecule is COCCC(NC(=O)c1cc(C)n(-c2ccccc2C)c1C)C(=O)O. The van der Waals surface area contributed by atoms with E-state index in [0.29, 0.717) is 5.56 Å². The molecule has 1 aromatic carbocycles. The number of para-hydroxylation sites is 1. The van der Waals surface area contributed by atoms with Crippen molar-refractivity contribution in [1.82, 2.24) is 9.88 Å². The highest BCUT2D eigenvalue weighted by Gasteiger charge is 2.23. The number of aromatic nitrogens is 1. The number of hydrogen-bond donors (Lipinski definition) is 2. The molecule has 2 N–H and O–H groups in total. The van der Waals surface area contributed by atoms with Crippen molar-refractivity contribution in [3.8, 4) is 5.69 Å². The summed E-state index contributed by atoms with van der Waals surface area (Å²) in [6.45, 7) is 6.06. The lowest BCUT2D eigenvalue weighted by Gasteiger charge is -2.15. The van der Waals surface area contributed by atoms with E-state index in [4.69, 9.17) is 4.74 Å². The molecule has 25 heavy (non-hydrogen) atoms. The van der Waals surface area contributed by atoms with Crippen molar-refractivity contribution in [2.75, 3.05) is 13.7 Å². The molecule has 1 amide bonds. The van der Waals surface area contributed by atoms with Gasteiger partial charge in [-0.2, -0.15) is 0 Å². The van der Waals surface area contributed by atoms with E-state index in [9.17, 15) is 14.7 Å². The molecule has 6 heteroatoms. The van der Waals surface area contributed by atoms with E-state index >= 15 is 0 Å². The van der Waals surface area contributed by atoms with Gasteiger partial charge in [-0.1, -0.05) is 18.2 Å². The highest BCUT2D eigenvalue weighted by molar-refractivity contribution is 5.98. The van der Waals surface area contributed by atoms with Gasteiger partial charge in [0.25, 0.3) is 5.91 Å². The quantitative estimate of drug-likeness (QED) is 0.809. The van der Waals surface area contributed by atoms with Crippen molar-refractivity contribution >= 4 is 11.9 Å². The smallest absolute Gasteiger partial charge is 0.326 e. The summed E-state index contributed by atoms with van der Waals surface area (Å²) >= 11 is 0. The van der Waals surface area contributed by atoms with Crippen LogP contribution in [0.25, 0.3) is 5.69 Å². The second-order valence-corrected chi connectivity index (χ2v) is 6.05. The molecule has 0 saturated carbocycles. The third-order valence-electron chi connectivity index (χ3n) is 4.25. The molecule has 1 unspecified atom stereocenters. The molecule has 2 aromatic rings. The van der Waals surface area contributed by atoms with Crippen molar-refractivity contribution in [1.29, 1.82) is 0 Å². The first-order chi connectivity index (χ1) is 11.9. The summed E-state index contributed by atoms with van der Waals surface area (Å²) in [6, 6.07) is 8.73. The van der Waals surface area contributed by atoms with Crippen LogP contribution < -0.4 is 5.32 Å². The van der Waals surface area contributed by atoms with Crippen LogP contribution in [0.2, 0.25) is 0 Å². The van der Waals surface area contributed by atoms with E-state index in [1.165, 1.54) is 7.11 Å². The van der Waals surface area contributed by atoms with Gasteiger partial charge in [0.15, 0.2) is 0 Å². The molecule has 0 spiro atoms. The Hall–Kier alpha value is -2.60. The minimum Gasteiger partial charge on any atom is -0.480 e. The number of nitrogens with one attached hydrogen (secondary N) is 1. The van der Waals surface area contributed by atoms with Crippen LogP contribution in [0.4, 0.5) is 0 Å². The highest BCUT2D eigenvalue weighted by atomic mass is 16.5. The summed E-state index contributed by atoms with van der Waals surface area (Å²) in [5, 5.41) is 11.8. The summed E-state index contributed by atoms with van der Waals surface area (Å²) < 4.78 is 6.92. The number of aliphatic carboxylic acids is 1. The molecule has 2 rings (SSSR count). The summed E-state index contributed by atoms with van der Waals surface area (Å²) in [7, 11) is 1.50. The lowest BCUT2D eigenvalue weighted by Crippen LogP contribution is -2.41. The van der Waals surface area contributed by atoms with Gasteiger partial charge in [-0.3, -0.25) is 4.79 Å². The zero-order valence-corrected chi connectivity index (χ0v) is 15.0. The van der Waals surface area contributed by atoms with Crippen LogP contribution in [0, 0.1) is 20.8 Å². The van der Waals surface area contributed by atoms with Crippen molar-refractivity contribution < 1.29 is 19.4 Å². The van der Waals surface area contributed by atoms with Crippen LogP contribution in [0.1, 0.15) is 33.7 Å². The predicted molar refractivity (Wildman–Crippen MR) is 95.4 cm³/mol. The second kappa shape index (κ2) is 7.98. The predicted octanol–water partition coefficient (Wildman–Crippen LogP) is 2.62. The Morgan fingerprint density at radius 3 is 2.52 bits per heavy atom. The molecule has 6 nitrogen and oxygen atoms in total. The summed E-state index contributed by atoms with van der Waals surface area (Å²) in [5.41, 5.74) is 4.27. The molecule has 0 saturated heterocycles. The van der Waals surface area contributed by atoms with Gasteiger partial charge in [0.1, 0.15) is 6.04 Å². The number of carbonyl (C=O) groups excluding carboxylic acids is 1. The van der Waals surface area contributed by atoms with Crippen LogP contribution in [0.3, 0.4) is 0 Å². The van der Waals surface area contributed by atoms with Gasteiger partial charge in [0.2, 0.25) is 0 Å². The summed E-state index contributed by atoms with van der Waals surface area (Å²) in [5.74, 6) is -1.46. The third-order valence-corrected chi connectivity index (χ3v) is 4.25. The van der Waals surface area contributed by atoms with E-state index in [0.717, 1.165) is 22.6 Å². The number of carboxylic acid groups (broad SMARTS) is 1. The summed E-state index contributed by atoms with van der Waals surface area (Å²) in [6.07, 6.45) is 0.216.